The van der Waals surface area contributed by atoms with E-state index in [-0.39, 0.29) is 18.1 Å². The van der Waals surface area contributed by atoms with Crippen molar-refractivity contribution in [1.82, 2.24) is 15.1 Å². The summed E-state index contributed by atoms with van der Waals surface area (Å²) < 4.78 is 42.3. The number of carbonyl (C=O) groups is 2. The van der Waals surface area contributed by atoms with Crippen LogP contribution in [0, 0.1) is 5.82 Å². The summed E-state index contributed by atoms with van der Waals surface area (Å²) in [7, 11) is 0. The van der Waals surface area contributed by atoms with Gasteiger partial charge in [0.15, 0.2) is 0 Å². The lowest BCUT2D eigenvalue weighted by Crippen LogP contribution is -2.46. The number of anilines is 1. The molecule has 1 fully saturated rings. The number of halogens is 3. The third-order valence-electron chi connectivity index (χ3n) is 6.33. The number of carbonyl (C=O) groups excluding carboxylic acids is 2. The predicted molar refractivity (Wildman–Crippen MR) is 129 cm³/mol. The van der Waals surface area contributed by atoms with Gasteiger partial charge in [0.25, 0.3) is 5.91 Å². The molecule has 6 nitrogen and oxygen atoms in total. The monoisotopic (exact) mass is 492 g/mol. The number of rotatable bonds is 6. The first-order valence-electron chi connectivity index (χ1n) is 11.5. The first-order chi connectivity index (χ1) is 17.2. The predicted octanol–water partition coefficient (Wildman–Crippen LogP) is 4.84. The van der Waals surface area contributed by atoms with Crippen LogP contribution in [0.4, 0.5) is 18.9 Å². The second kappa shape index (κ2) is 9.14. The Morgan fingerprint density at radius 3 is 2.50 bits per heavy atom. The summed E-state index contributed by atoms with van der Waals surface area (Å²) in [4.78, 5) is 26.8. The molecule has 36 heavy (non-hydrogen) atoms. The van der Waals surface area contributed by atoms with Crippen LogP contribution in [0.25, 0.3) is 10.9 Å². The molecular formula is C27H23F3N4O2. The summed E-state index contributed by atoms with van der Waals surface area (Å²) in [5.74, 6) is -5.57. The van der Waals surface area contributed by atoms with Crippen LogP contribution < -0.4 is 10.2 Å². The summed E-state index contributed by atoms with van der Waals surface area (Å²) in [6, 6.07) is 19.1. The van der Waals surface area contributed by atoms with E-state index in [0.717, 1.165) is 22.0 Å². The van der Waals surface area contributed by atoms with Crippen molar-refractivity contribution in [2.75, 3.05) is 4.90 Å². The van der Waals surface area contributed by atoms with Gasteiger partial charge in [-0.15, -0.1) is 0 Å². The summed E-state index contributed by atoms with van der Waals surface area (Å²) in [6.45, 7) is 0.976. The van der Waals surface area contributed by atoms with Crippen molar-refractivity contribution in [2.45, 2.75) is 37.9 Å². The molecule has 1 saturated heterocycles. The van der Waals surface area contributed by atoms with Gasteiger partial charge in [-0.2, -0.15) is 13.9 Å². The Morgan fingerprint density at radius 2 is 1.81 bits per heavy atom. The van der Waals surface area contributed by atoms with Crippen molar-refractivity contribution in [2.24, 2.45) is 0 Å². The largest absolute Gasteiger partial charge is 0.345 e. The molecule has 3 aromatic carbocycles. The SMILES string of the molecule is CC(F)(F)C(=O)N[C@H]1CC(=O)N(c2ccc3c(cnn3Cc3ccc(F)cc3)c2)[C@@H]1c1ccccc1. The average Bonchev–Trinajstić information content (AvgIpc) is 3.40. The van der Waals surface area contributed by atoms with Gasteiger partial charge >= 0.3 is 5.92 Å². The molecule has 1 N–H and O–H groups in total. The minimum atomic E-state index is -3.56. The van der Waals surface area contributed by atoms with Gasteiger partial charge in [-0.05, 0) is 41.5 Å². The molecule has 0 radical (unpaired) electrons. The molecule has 1 aliphatic heterocycles. The highest BCUT2D eigenvalue weighted by atomic mass is 19.3. The molecule has 2 heterocycles. The van der Waals surface area contributed by atoms with Crippen LogP contribution in [0.1, 0.15) is 30.5 Å². The first-order valence-corrected chi connectivity index (χ1v) is 11.5. The maximum absolute atomic E-state index is 13.6. The Bertz CT molecular complexity index is 1410. The molecule has 4 aromatic rings. The fourth-order valence-electron chi connectivity index (χ4n) is 4.61. The van der Waals surface area contributed by atoms with Gasteiger partial charge in [0.05, 0.1) is 30.3 Å². The minimum Gasteiger partial charge on any atom is -0.345 e. The highest BCUT2D eigenvalue weighted by Crippen LogP contribution is 2.38. The molecule has 9 heteroatoms. The number of hydrogen-bond donors (Lipinski definition) is 1. The topological polar surface area (TPSA) is 67.2 Å². The van der Waals surface area contributed by atoms with Crippen LogP contribution >= 0.6 is 0 Å². The van der Waals surface area contributed by atoms with Gasteiger partial charge in [0.1, 0.15) is 5.82 Å². The molecule has 2 atom stereocenters. The molecule has 0 bridgehead atoms. The van der Waals surface area contributed by atoms with Gasteiger partial charge in [-0.1, -0.05) is 42.5 Å². The number of nitrogens with one attached hydrogen (secondary N) is 1. The fourth-order valence-corrected chi connectivity index (χ4v) is 4.61. The van der Waals surface area contributed by atoms with Crippen molar-refractivity contribution in [3.05, 3.63) is 95.9 Å². The second-order valence-electron chi connectivity index (χ2n) is 8.96. The Kier molecular flexibility index (Phi) is 5.99. The highest BCUT2D eigenvalue weighted by Gasteiger charge is 2.45. The fraction of sp³-hybridized carbons (Fsp3) is 0.222. The minimum absolute atomic E-state index is 0.108. The quantitative estimate of drug-likeness (QED) is 0.419. The van der Waals surface area contributed by atoms with E-state index in [4.69, 9.17) is 0 Å². The maximum atomic E-state index is 13.6. The molecule has 5 rings (SSSR count). The Morgan fingerprint density at radius 1 is 1.08 bits per heavy atom. The van der Waals surface area contributed by atoms with Crippen molar-refractivity contribution in [3.8, 4) is 0 Å². The average molecular weight is 493 g/mol. The number of hydrogen-bond acceptors (Lipinski definition) is 3. The Balaban J connectivity index is 1.48. The van der Waals surface area contributed by atoms with E-state index in [1.54, 1.807) is 58.2 Å². The number of alkyl halides is 2. The van der Waals surface area contributed by atoms with Crippen LogP contribution in [-0.2, 0) is 16.1 Å². The second-order valence-corrected chi connectivity index (χ2v) is 8.96. The number of benzene rings is 3. The van der Waals surface area contributed by atoms with Gasteiger partial charge in [-0.3, -0.25) is 14.3 Å². The summed E-state index contributed by atoms with van der Waals surface area (Å²) in [5.41, 5.74) is 3.00. The molecule has 184 valence electrons. The molecule has 0 aliphatic carbocycles. The van der Waals surface area contributed by atoms with E-state index in [9.17, 15) is 22.8 Å². The standard InChI is InChI=1S/C27H23F3N4O2/c1-27(29,30)26(36)32-22-14-24(35)34(25(22)18-5-3-2-4-6-18)21-11-12-23-19(13-21)15-31-33(23)16-17-7-9-20(28)10-8-17/h2-13,15,22,25H,14,16H2,1H3,(H,32,36)/t22-,25+/m0/s1. The van der Waals surface area contributed by atoms with Crippen LogP contribution in [0.5, 0.6) is 0 Å². The summed E-state index contributed by atoms with van der Waals surface area (Å²) in [6.07, 6.45) is 1.57. The van der Waals surface area contributed by atoms with E-state index in [0.29, 0.717) is 19.2 Å². The molecule has 2 amide bonds. The smallest absolute Gasteiger partial charge is 0.321 e. The highest BCUT2D eigenvalue weighted by molar-refractivity contribution is 6.00. The van der Waals surface area contributed by atoms with E-state index in [1.165, 1.54) is 12.1 Å². The van der Waals surface area contributed by atoms with Crippen LogP contribution in [0.2, 0.25) is 0 Å². The molecular weight excluding hydrogens is 469 g/mol. The number of amides is 2. The Hall–Kier alpha value is -4.14. The lowest BCUT2D eigenvalue weighted by atomic mass is 9.99. The van der Waals surface area contributed by atoms with Gasteiger partial charge < -0.3 is 10.2 Å². The van der Waals surface area contributed by atoms with Gasteiger partial charge in [0.2, 0.25) is 5.91 Å². The van der Waals surface area contributed by atoms with E-state index in [2.05, 4.69) is 10.4 Å². The third-order valence-corrected chi connectivity index (χ3v) is 6.33. The zero-order chi connectivity index (χ0) is 25.4. The lowest BCUT2D eigenvalue weighted by molar-refractivity contribution is -0.143. The molecule has 0 spiro atoms. The van der Waals surface area contributed by atoms with Gasteiger partial charge in [0, 0.05) is 24.4 Å². The van der Waals surface area contributed by atoms with E-state index < -0.39 is 23.9 Å². The van der Waals surface area contributed by atoms with Crippen molar-refractivity contribution >= 4 is 28.4 Å². The Labute approximate surface area is 205 Å². The number of aromatic nitrogens is 2. The molecule has 1 aromatic heterocycles. The maximum Gasteiger partial charge on any atom is 0.321 e. The van der Waals surface area contributed by atoms with E-state index in [1.807, 2.05) is 18.2 Å². The number of nitrogens with zero attached hydrogens (tertiary/aromatic N) is 3. The normalized spacial score (nSPS) is 18.1. The van der Waals surface area contributed by atoms with Crippen molar-refractivity contribution < 1.29 is 22.8 Å². The molecule has 0 saturated carbocycles. The first kappa shape index (κ1) is 23.6. The van der Waals surface area contributed by atoms with Gasteiger partial charge in [-0.25, -0.2) is 4.39 Å². The van der Waals surface area contributed by atoms with Crippen LogP contribution in [-0.4, -0.2) is 33.6 Å². The van der Waals surface area contributed by atoms with Crippen LogP contribution in [0.15, 0.2) is 79.0 Å². The van der Waals surface area contributed by atoms with E-state index >= 15 is 0 Å². The van der Waals surface area contributed by atoms with Crippen molar-refractivity contribution in [1.29, 1.82) is 0 Å². The molecule has 0 unspecified atom stereocenters. The van der Waals surface area contributed by atoms with Crippen LogP contribution in [0.3, 0.4) is 0 Å². The summed E-state index contributed by atoms with van der Waals surface area (Å²) >= 11 is 0. The van der Waals surface area contributed by atoms with Crippen molar-refractivity contribution in [3.63, 3.8) is 0 Å². The molecule has 1 aliphatic rings. The summed E-state index contributed by atoms with van der Waals surface area (Å²) in [5, 5.41) is 7.59. The third kappa shape index (κ3) is 4.56. The number of fused-ring (bicyclic) bond motifs is 1. The lowest BCUT2D eigenvalue weighted by Gasteiger charge is -2.29. The zero-order valence-electron chi connectivity index (χ0n) is 19.4. The zero-order valence-corrected chi connectivity index (χ0v) is 19.4.